The molecule has 0 aromatic heterocycles. The molecule has 2 heterocycles. The first-order valence-corrected chi connectivity index (χ1v) is 8.56. The summed E-state index contributed by atoms with van der Waals surface area (Å²) < 4.78 is 14.6. The number of anilines is 1. The van der Waals surface area contributed by atoms with Gasteiger partial charge in [-0.2, -0.15) is 0 Å². The van der Waals surface area contributed by atoms with E-state index in [-0.39, 0.29) is 18.5 Å². The van der Waals surface area contributed by atoms with E-state index in [0.717, 1.165) is 50.1 Å². The highest BCUT2D eigenvalue weighted by atomic mass is 19.1. The molecule has 0 aliphatic carbocycles. The first-order valence-electron chi connectivity index (χ1n) is 8.56. The number of nitrogens with zero attached hydrogens (tertiary/aromatic N) is 1. The molecule has 3 unspecified atom stereocenters. The number of nitrogens with one attached hydrogen (secondary N) is 1. The molecule has 3 rings (SSSR count). The second-order valence-corrected chi connectivity index (χ2v) is 6.87. The Balaban J connectivity index is 1.74. The van der Waals surface area contributed by atoms with Crippen LogP contribution in [-0.2, 0) is 0 Å². The van der Waals surface area contributed by atoms with Crippen LogP contribution in [0.5, 0.6) is 0 Å². The number of aliphatic hydroxyl groups excluding tert-OH is 1. The Kier molecular flexibility index (Phi) is 4.99. The number of hydrogen-bond donors (Lipinski definition) is 2. The number of rotatable bonds is 3. The Morgan fingerprint density at radius 3 is 2.86 bits per heavy atom. The van der Waals surface area contributed by atoms with Crippen molar-refractivity contribution >= 4 is 5.69 Å². The van der Waals surface area contributed by atoms with E-state index < -0.39 is 0 Å². The molecule has 2 N–H and O–H groups in total. The van der Waals surface area contributed by atoms with E-state index in [1.165, 1.54) is 6.42 Å². The standard InChI is InChI=1S/C18H27FN2O/c1-13-9-14(12-22)6-8-21(13)18-5-4-15(10-17(18)19)16-3-2-7-20-11-16/h4-5,10,13-14,16,20,22H,2-3,6-9,11-12H2,1H3. The lowest BCUT2D eigenvalue weighted by Gasteiger charge is -2.39. The molecule has 0 spiro atoms. The largest absolute Gasteiger partial charge is 0.396 e. The van der Waals surface area contributed by atoms with Gasteiger partial charge in [0.05, 0.1) is 5.69 Å². The van der Waals surface area contributed by atoms with E-state index >= 15 is 0 Å². The third-order valence-electron chi connectivity index (χ3n) is 5.29. The van der Waals surface area contributed by atoms with Gasteiger partial charge < -0.3 is 15.3 Å². The summed E-state index contributed by atoms with van der Waals surface area (Å²) in [5.74, 6) is 0.703. The van der Waals surface area contributed by atoms with Crippen molar-refractivity contribution < 1.29 is 9.50 Å². The minimum Gasteiger partial charge on any atom is -0.396 e. The summed E-state index contributed by atoms with van der Waals surface area (Å²) >= 11 is 0. The maximum absolute atomic E-state index is 14.6. The molecule has 2 fully saturated rings. The SMILES string of the molecule is CC1CC(CO)CCN1c1ccc(C2CCCNC2)cc1F. The topological polar surface area (TPSA) is 35.5 Å². The first kappa shape index (κ1) is 15.8. The summed E-state index contributed by atoms with van der Waals surface area (Å²) in [5, 5.41) is 12.7. The number of benzene rings is 1. The van der Waals surface area contributed by atoms with Gasteiger partial charge >= 0.3 is 0 Å². The predicted octanol–water partition coefficient (Wildman–Crippen LogP) is 2.89. The molecule has 2 aliphatic rings. The van der Waals surface area contributed by atoms with Crippen LogP contribution >= 0.6 is 0 Å². The Morgan fingerprint density at radius 2 is 2.23 bits per heavy atom. The van der Waals surface area contributed by atoms with Crippen molar-refractivity contribution in [2.24, 2.45) is 5.92 Å². The Morgan fingerprint density at radius 1 is 1.36 bits per heavy atom. The van der Waals surface area contributed by atoms with E-state index in [0.29, 0.717) is 11.8 Å². The summed E-state index contributed by atoms with van der Waals surface area (Å²) in [7, 11) is 0. The molecular weight excluding hydrogens is 279 g/mol. The summed E-state index contributed by atoms with van der Waals surface area (Å²) in [6, 6.07) is 6.07. The van der Waals surface area contributed by atoms with Gasteiger partial charge in [0.25, 0.3) is 0 Å². The van der Waals surface area contributed by atoms with Gasteiger partial charge in [-0.3, -0.25) is 0 Å². The van der Waals surface area contributed by atoms with Gasteiger partial charge in [0.2, 0.25) is 0 Å². The van der Waals surface area contributed by atoms with Crippen LogP contribution in [0.4, 0.5) is 10.1 Å². The quantitative estimate of drug-likeness (QED) is 0.901. The highest BCUT2D eigenvalue weighted by Crippen LogP contribution is 2.32. The van der Waals surface area contributed by atoms with E-state index in [4.69, 9.17) is 0 Å². The zero-order valence-corrected chi connectivity index (χ0v) is 13.4. The lowest BCUT2D eigenvalue weighted by molar-refractivity contribution is 0.190. The number of aliphatic hydroxyl groups is 1. The number of hydrogen-bond acceptors (Lipinski definition) is 3. The molecule has 1 aromatic rings. The Bertz CT molecular complexity index is 502. The molecule has 2 saturated heterocycles. The van der Waals surface area contributed by atoms with Gasteiger partial charge in [-0.15, -0.1) is 0 Å². The number of piperidine rings is 2. The average Bonchev–Trinajstić information content (AvgIpc) is 2.56. The minimum atomic E-state index is -0.0997. The predicted molar refractivity (Wildman–Crippen MR) is 87.9 cm³/mol. The summed E-state index contributed by atoms with van der Waals surface area (Å²) in [6.07, 6.45) is 4.18. The molecule has 0 radical (unpaired) electrons. The normalized spacial score (nSPS) is 29.6. The van der Waals surface area contributed by atoms with Crippen LogP contribution in [-0.4, -0.2) is 37.4 Å². The van der Waals surface area contributed by atoms with E-state index in [9.17, 15) is 9.50 Å². The molecule has 22 heavy (non-hydrogen) atoms. The average molecular weight is 306 g/mol. The minimum absolute atomic E-state index is 0.0997. The fraction of sp³-hybridized carbons (Fsp3) is 0.667. The maximum Gasteiger partial charge on any atom is 0.146 e. The van der Waals surface area contributed by atoms with Crippen LogP contribution in [0.1, 0.15) is 44.1 Å². The van der Waals surface area contributed by atoms with Crippen LogP contribution in [0.15, 0.2) is 18.2 Å². The summed E-state index contributed by atoms with van der Waals surface area (Å²) in [6.45, 7) is 5.23. The van der Waals surface area contributed by atoms with Crippen molar-refractivity contribution in [2.75, 3.05) is 31.1 Å². The van der Waals surface area contributed by atoms with Gasteiger partial charge in [0.1, 0.15) is 5.82 Å². The van der Waals surface area contributed by atoms with Crippen molar-refractivity contribution in [2.45, 2.75) is 44.6 Å². The summed E-state index contributed by atoms with van der Waals surface area (Å²) in [4.78, 5) is 2.16. The fourth-order valence-electron chi connectivity index (χ4n) is 3.94. The zero-order valence-electron chi connectivity index (χ0n) is 13.4. The molecule has 3 nitrogen and oxygen atoms in total. The van der Waals surface area contributed by atoms with Crippen LogP contribution < -0.4 is 10.2 Å². The van der Waals surface area contributed by atoms with Gasteiger partial charge in [-0.25, -0.2) is 4.39 Å². The van der Waals surface area contributed by atoms with Crippen molar-refractivity contribution in [3.63, 3.8) is 0 Å². The first-order chi connectivity index (χ1) is 10.7. The molecule has 0 saturated carbocycles. The van der Waals surface area contributed by atoms with E-state index in [2.05, 4.69) is 23.2 Å². The second-order valence-electron chi connectivity index (χ2n) is 6.87. The smallest absolute Gasteiger partial charge is 0.146 e. The molecule has 0 amide bonds. The molecule has 3 atom stereocenters. The Hall–Kier alpha value is -1.13. The van der Waals surface area contributed by atoms with Crippen molar-refractivity contribution in [1.82, 2.24) is 5.32 Å². The molecule has 2 aliphatic heterocycles. The van der Waals surface area contributed by atoms with Crippen LogP contribution in [0.2, 0.25) is 0 Å². The van der Waals surface area contributed by atoms with Crippen LogP contribution in [0, 0.1) is 11.7 Å². The van der Waals surface area contributed by atoms with E-state index in [1.54, 1.807) is 6.07 Å². The molecule has 0 bridgehead atoms. The molecule has 4 heteroatoms. The van der Waals surface area contributed by atoms with Gasteiger partial charge in [0, 0.05) is 25.7 Å². The second kappa shape index (κ2) is 6.97. The lowest BCUT2D eigenvalue weighted by Crippen LogP contribution is -2.42. The zero-order chi connectivity index (χ0) is 15.5. The van der Waals surface area contributed by atoms with E-state index in [1.807, 2.05) is 6.07 Å². The highest BCUT2D eigenvalue weighted by Gasteiger charge is 2.27. The van der Waals surface area contributed by atoms with Crippen molar-refractivity contribution in [1.29, 1.82) is 0 Å². The monoisotopic (exact) mass is 306 g/mol. The number of halogens is 1. The van der Waals surface area contributed by atoms with Crippen molar-refractivity contribution in [3.05, 3.63) is 29.6 Å². The highest BCUT2D eigenvalue weighted by molar-refractivity contribution is 5.51. The maximum atomic E-state index is 14.6. The van der Waals surface area contributed by atoms with Crippen LogP contribution in [0.3, 0.4) is 0 Å². The third kappa shape index (κ3) is 3.28. The van der Waals surface area contributed by atoms with Gasteiger partial charge in [-0.05, 0) is 68.7 Å². The summed E-state index contributed by atoms with van der Waals surface area (Å²) in [5.41, 5.74) is 1.84. The third-order valence-corrected chi connectivity index (χ3v) is 5.29. The van der Waals surface area contributed by atoms with Gasteiger partial charge in [-0.1, -0.05) is 6.07 Å². The molecular formula is C18H27FN2O. The molecule has 122 valence electrons. The fourth-order valence-corrected chi connectivity index (χ4v) is 3.94. The lowest BCUT2D eigenvalue weighted by atomic mass is 9.90. The van der Waals surface area contributed by atoms with Crippen LogP contribution in [0.25, 0.3) is 0 Å². The van der Waals surface area contributed by atoms with Crippen molar-refractivity contribution in [3.8, 4) is 0 Å². The molecule has 1 aromatic carbocycles. The van der Waals surface area contributed by atoms with Gasteiger partial charge in [0.15, 0.2) is 0 Å². The Labute approximate surface area is 132 Å².